The zero-order chi connectivity index (χ0) is 42.9. The molecule has 0 radical (unpaired) electrons. The minimum atomic E-state index is -5.01. The topological polar surface area (TPSA) is 39.1 Å². The van der Waals surface area contributed by atoms with Crippen LogP contribution in [0.1, 0.15) is 43.3 Å². The quantitative estimate of drug-likeness (QED) is 0.124. The van der Waals surface area contributed by atoms with Crippen LogP contribution in [0.3, 0.4) is 0 Å². The number of hydrogen-bond donors (Lipinski definition) is 0. The van der Waals surface area contributed by atoms with Crippen LogP contribution in [0, 0.1) is 0 Å². The number of Topliss-reactive ketones (excluding diaryl/α,β-unsaturated/α-hetero) is 2. The van der Waals surface area contributed by atoms with Crippen LogP contribution >= 0.6 is 0 Å². The Morgan fingerprint density at radius 2 is 0.903 bits per heavy atom. The molecule has 0 aliphatic heterocycles. The number of rotatable bonds is 6. The third-order valence-electron chi connectivity index (χ3n) is 11.7. The van der Waals surface area contributed by atoms with Gasteiger partial charge in [-0.3, -0.25) is 9.59 Å². The molecule has 0 saturated carbocycles. The monoisotopic (exact) mass is 827 g/mol. The van der Waals surface area contributed by atoms with Gasteiger partial charge in [-0.15, -0.1) is 0 Å². The van der Waals surface area contributed by atoms with Crippen molar-refractivity contribution in [1.29, 1.82) is 0 Å². The maximum Gasteiger partial charge on any atom is 0.416 e. The number of fused-ring (bicyclic) bond motifs is 4. The predicted octanol–water partition coefficient (Wildman–Crippen LogP) is 14.7. The van der Waals surface area contributed by atoms with E-state index in [1.807, 2.05) is 114 Å². The van der Waals surface area contributed by atoms with Crippen LogP contribution < -0.4 is 0 Å². The molecule has 1 aromatic heterocycles. The van der Waals surface area contributed by atoms with Crippen molar-refractivity contribution in [2.45, 2.75) is 18.3 Å². The number of nitrogens with zero attached hydrogens (tertiary/aromatic N) is 1. The second kappa shape index (κ2) is 14.6. The van der Waals surface area contributed by atoms with E-state index < -0.39 is 35.2 Å². The lowest BCUT2D eigenvalue weighted by atomic mass is 9.80. The van der Waals surface area contributed by atoms with E-state index >= 15 is 4.79 Å². The van der Waals surface area contributed by atoms with Gasteiger partial charge in [0, 0.05) is 16.3 Å². The summed E-state index contributed by atoms with van der Waals surface area (Å²) in [6, 6.07) is 51.8. The van der Waals surface area contributed by atoms with Crippen LogP contribution in [0.15, 0.2) is 182 Å². The van der Waals surface area contributed by atoms with E-state index in [9.17, 15) is 31.1 Å². The summed E-state index contributed by atoms with van der Waals surface area (Å²) in [5, 5.41) is 1.18. The van der Waals surface area contributed by atoms with Crippen molar-refractivity contribution >= 4 is 33.4 Å². The highest BCUT2D eigenvalue weighted by molar-refractivity contribution is 6.32. The highest BCUT2D eigenvalue weighted by atomic mass is 19.4. The fraction of sp³-hybridized carbons (Fsp3) is 0.0566. The molecule has 0 spiro atoms. The Morgan fingerprint density at radius 1 is 0.387 bits per heavy atom. The summed E-state index contributed by atoms with van der Waals surface area (Å²) in [5.41, 5.74) is 4.68. The lowest BCUT2D eigenvalue weighted by Gasteiger charge is -2.22. The van der Waals surface area contributed by atoms with E-state index in [0.717, 1.165) is 33.4 Å². The number of halogens is 6. The molecule has 9 aromatic rings. The Balaban J connectivity index is 1.18. The third-order valence-corrected chi connectivity index (χ3v) is 11.7. The minimum Gasteiger partial charge on any atom is -0.308 e. The number of alkyl halides is 6. The minimum absolute atomic E-state index is 0.110. The van der Waals surface area contributed by atoms with Crippen molar-refractivity contribution in [3.63, 3.8) is 0 Å². The Kier molecular flexibility index (Phi) is 9.10. The summed E-state index contributed by atoms with van der Waals surface area (Å²) in [4.78, 5) is 30.4. The lowest BCUT2D eigenvalue weighted by molar-refractivity contribution is -0.143. The molecule has 0 saturated heterocycles. The van der Waals surface area contributed by atoms with Crippen LogP contribution in [0.4, 0.5) is 26.3 Å². The van der Waals surface area contributed by atoms with Crippen molar-refractivity contribution in [1.82, 2.24) is 4.57 Å². The molecule has 0 amide bonds. The largest absolute Gasteiger partial charge is 0.416 e. The summed E-state index contributed by atoms with van der Waals surface area (Å²) >= 11 is 0. The summed E-state index contributed by atoms with van der Waals surface area (Å²) in [7, 11) is 0. The molecule has 0 N–H and O–H groups in total. The zero-order valence-corrected chi connectivity index (χ0v) is 32.4. The molecule has 10 rings (SSSR count). The molecule has 62 heavy (non-hydrogen) atoms. The SMILES string of the molecule is O=C1c2cccc(-n3c4ccccc4c4cc(-c5cc(C(F)(F)F)cc(C(F)(F)F)c5)ccc43)c2C(=O)C1c1c(-c2ccccc2)cc(-c2ccccc2)cc1-c1ccccc1. The maximum atomic E-state index is 15.4. The molecule has 1 heterocycles. The van der Waals surface area contributed by atoms with Gasteiger partial charge in [-0.1, -0.05) is 127 Å². The molecule has 8 aromatic carbocycles. The first-order valence-corrected chi connectivity index (χ1v) is 19.8. The molecule has 0 fully saturated rings. The first-order chi connectivity index (χ1) is 29.9. The van der Waals surface area contributed by atoms with Gasteiger partial charge in [0.25, 0.3) is 0 Å². The van der Waals surface area contributed by atoms with Gasteiger partial charge in [-0.25, -0.2) is 0 Å². The Hall–Kier alpha value is -7.52. The van der Waals surface area contributed by atoms with Crippen LogP contribution in [-0.2, 0) is 12.4 Å². The van der Waals surface area contributed by atoms with Gasteiger partial charge < -0.3 is 4.57 Å². The standard InChI is InChI=1S/C53H31F6NO2/c54-52(55,56)37-25-35(26-38(30-37)53(57,58)59)34-23-24-45-43(27-34)39-19-10-11-21-44(39)60(45)46-22-12-20-40-48(46)51(62)49(50(40)61)47-41(32-15-6-2-7-16-32)28-36(31-13-4-1-5-14-31)29-42(47)33-17-8-3-9-18-33/h1-30,49H. The first kappa shape index (κ1) is 38.7. The van der Waals surface area contributed by atoms with E-state index in [2.05, 4.69) is 0 Å². The van der Waals surface area contributed by atoms with Crippen molar-refractivity contribution in [2.75, 3.05) is 0 Å². The van der Waals surface area contributed by atoms with Crippen LogP contribution in [0.2, 0.25) is 0 Å². The van der Waals surface area contributed by atoms with Crippen molar-refractivity contribution in [2.24, 2.45) is 0 Å². The molecule has 0 bridgehead atoms. The normalized spacial score (nSPS) is 14.2. The van der Waals surface area contributed by atoms with Gasteiger partial charge in [0.1, 0.15) is 5.92 Å². The zero-order valence-electron chi connectivity index (χ0n) is 32.4. The van der Waals surface area contributed by atoms with Gasteiger partial charge >= 0.3 is 12.4 Å². The molecule has 9 heteroatoms. The van der Waals surface area contributed by atoms with E-state index in [4.69, 9.17) is 0 Å². The predicted molar refractivity (Wildman–Crippen MR) is 230 cm³/mol. The number of aromatic nitrogens is 1. The molecule has 1 aliphatic carbocycles. The fourth-order valence-electron chi connectivity index (χ4n) is 8.88. The van der Waals surface area contributed by atoms with Gasteiger partial charge in [-0.05, 0) is 105 Å². The number of ketones is 2. The Bertz CT molecular complexity index is 3150. The van der Waals surface area contributed by atoms with E-state index in [1.54, 1.807) is 48.5 Å². The number of carbonyl (C=O) groups is 2. The van der Waals surface area contributed by atoms with Crippen LogP contribution in [0.25, 0.3) is 72.0 Å². The maximum absolute atomic E-state index is 15.4. The lowest BCUT2D eigenvalue weighted by Crippen LogP contribution is -2.16. The smallest absolute Gasteiger partial charge is 0.308 e. The number of hydrogen-bond acceptors (Lipinski definition) is 2. The highest BCUT2D eigenvalue weighted by Crippen LogP contribution is 2.48. The molecule has 1 aliphatic rings. The van der Waals surface area contributed by atoms with Crippen LogP contribution in [-0.4, -0.2) is 16.1 Å². The molecule has 302 valence electrons. The molecule has 1 unspecified atom stereocenters. The van der Waals surface area contributed by atoms with Gasteiger partial charge in [-0.2, -0.15) is 26.3 Å². The summed E-state index contributed by atoms with van der Waals surface area (Å²) < 4.78 is 85.2. The third kappa shape index (κ3) is 6.48. The van der Waals surface area contributed by atoms with Gasteiger partial charge in [0.15, 0.2) is 11.6 Å². The summed E-state index contributed by atoms with van der Waals surface area (Å²) in [6.07, 6.45) is -10.0. The van der Waals surface area contributed by atoms with Crippen molar-refractivity contribution in [3.05, 3.63) is 210 Å². The highest BCUT2D eigenvalue weighted by Gasteiger charge is 2.44. The van der Waals surface area contributed by atoms with Crippen molar-refractivity contribution in [3.8, 4) is 50.2 Å². The number of para-hydroxylation sites is 1. The first-order valence-electron chi connectivity index (χ1n) is 19.8. The second-order valence-corrected chi connectivity index (χ2v) is 15.3. The molecular formula is C53H31F6NO2. The molecular weight excluding hydrogens is 797 g/mol. The number of benzene rings is 8. The summed E-state index contributed by atoms with van der Waals surface area (Å²) in [5.74, 6) is -1.97. The Labute approximate surface area is 351 Å². The second-order valence-electron chi connectivity index (χ2n) is 15.3. The van der Waals surface area contributed by atoms with E-state index in [0.29, 0.717) is 45.2 Å². The average molecular weight is 828 g/mol. The molecule has 1 atom stereocenters. The fourth-order valence-corrected chi connectivity index (χ4v) is 8.88. The number of carbonyl (C=O) groups excluding carboxylic acids is 2. The van der Waals surface area contributed by atoms with Crippen LogP contribution in [0.5, 0.6) is 0 Å². The van der Waals surface area contributed by atoms with E-state index in [1.165, 1.54) is 6.07 Å². The Morgan fingerprint density at radius 3 is 1.48 bits per heavy atom. The van der Waals surface area contributed by atoms with Crippen molar-refractivity contribution < 1.29 is 35.9 Å². The van der Waals surface area contributed by atoms with E-state index in [-0.39, 0.29) is 34.1 Å². The van der Waals surface area contributed by atoms with Gasteiger partial charge in [0.2, 0.25) is 0 Å². The average Bonchev–Trinajstić information content (AvgIpc) is 3.75. The summed E-state index contributed by atoms with van der Waals surface area (Å²) in [6.45, 7) is 0. The molecule has 3 nitrogen and oxygen atoms in total. The van der Waals surface area contributed by atoms with Gasteiger partial charge in [0.05, 0.1) is 33.4 Å².